The second kappa shape index (κ2) is 15.6. The van der Waals surface area contributed by atoms with Crippen LogP contribution in [0.25, 0.3) is 0 Å². The number of hydrogen-bond acceptors (Lipinski definition) is 6. The van der Waals surface area contributed by atoms with Crippen molar-refractivity contribution in [1.29, 1.82) is 0 Å². The zero-order chi connectivity index (χ0) is 35.1. The molecule has 9 nitrogen and oxygen atoms in total. The van der Waals surface area contributed by atoms with Crippen LogP contribution >= 0.6 is 11.6 Å². The SMILES string of the molecule is COc1ccc(OC)c(N(CC(=O)N(Cc2ccccc2Cl)[C@@H](Cc2ccccc2)C(=O)NC(C)(C)C)S(=O)(=O)c2ccc(C)cc2)c1. The maximum absolute atomic E-state index is 14.8. The van der Waals surface area contributed by atoms with Gasteiger partial charge in [-0.05, 0) is 69.2 Å². The number of aryl methyl sites for hydroxylation is 1. The lowest BCUT2D eigenvalue weighted by atomic mass is 10.0. The summed E-state index contributed by atoms with van der Waals surface area (Å²) in [5, 5.41) is 3.43. The number of nitrogens with zero attached hydrogens (tertiary/aromatic N) is 2. The smallest absolute Gasteiger partial charge is 0.264 e. The van der Waals surface area contributed by atoms with Crippen LogP contribution in [0.3, 0.4) is 0 Å². The standard InChI is InChI=1S/C37H42ClN3O6S/c1-26-16-19-30(20-17-26)48(44,45)41(32-23-29(46-5)18-21-34(32)47-6)25-35(42)40(24-28-14-10-11-15-31(28)38)33(36(43)39-37(2,3)4)22-27-12-8-7-9-13-27/h7-21,23,33H,22,24-25H2,1-6H3,(H,39,43)/t33-/m0/s1. The Morgan fingerprint density at radius 2 is 1.52 bits per heavy atom. The number of amides is 2. The zero-order valence-electron chi connectivity index (χ0n) is 28.1. The van der Waals surface area contributed by atoms with Gasteiger partial charge in [-0.15, -0.1) is 0 Å². The maximum atomic E-state index is 14.8. The number of carbonyl (C=O) groups is 2. The second-order valence-electron chi connectivity index (χ2n) is 12.4. The molecule has 4 rings (SSSR count). The third-order valence-electron chi connectivity index (χ3n) is 7.61. The Hall–Kier alpha value is -4.54. The van der Waals surface area contributed by atoms with E-state index in [-0.39, 0.29) is 29.3 Å². The first-order valence-electron chi connectivity index (χ1n) is 15.4. The van der Waals surface area contributed by atoms with Crippen LogP contribution in [-0.4, -0.2) is 57.5 Å². The Labute approximate surface area is 288 Å². The molecule has 0 spiro atoms. The molecule has 4 aromatic rings. The molecule has 0 aliphatic rings. The minimum absolute atomic E-state index is 0.0188. The van der Waals surface area contributed by atoms with Gasteiger partial charge in [0.2, 0.25) is 11.8 Å². The number of ether oxygens (including phenoxy) is 2. The van der Waals surface area contributed by atoms with Crippen LogP contribution in [0.2, 0.25) is 5.02 Å². The molecule has 2 amide bonds. The van der Waals surface area contributed by atoms with Gasteiger partial charge in [0.05, 0.1) is 24.8 Å². The average Bonchev–Trinajstić information content (AvgIpc) is 3.05. The highest BCUT2D eigenvalue weighted by molar-refractivity contribution is 7.92. The van der Waals surface area contributed by atoms with Crippen LogP contribution in [0.5, 0.6) is 11.5 Å². The number of nitrogens with one attached hydrogen (secondary N) is 1. The monoisotopic (exact) mass is 691 g/mol. The van der Waals surface area contributed by atoms with E-state index in [2.05, 4.69) is 5.32 Å². The summed E-state index contributed by atoms with van der Waals surface area (Å²) >= 11 is 6.59. The van der Waals surface area contributed by atoms with Gasteiger partial charge in [0.25, 0.3) is 10.0 Å². The summed E-state index contributed by atoms with van der Waals surface area (Å²) in [6.45, 7) is 6.71. The summed E-state index contributed by atoms with van der Waals surface area (Å²) in [6, 6.07) is 26.4. The third-order valence-corrected chi connectivity index (χ3v) is 9.75. The van der Waals surface area contributed by atoms with E-state index in [1.165, 1.54) is 37.3 Å². The lowest BCUT2D eigenvalue weighted by molar-refractivity contribution is -0.140. The highest BCUT2D eigenvalue weighted by Gasteiger charge is 2.36. The van der Waals surface area contributed by atoms with Crippen molar-refractivity contribution in [3.8, 4) is 11.5 Å². The fourth-order valence-electron chi connectivity index (χ4n) is 5.16. The van der Waals surface area contributed by atoms with E-state index < -0.39 is 40.0 Å². The highest BCUT2D eigenvalue weighted by Crippen LogP contribution is 2.36. The van der Waals surface area contributed by atoms with Crippen LogP contribution in [0, 0.1) is 6.92 Å². The molecule has 0 aromatic heterocycles. The van der Waals surface area contributed by atoms with Gasteiger partial charge in [-0.25, -0.2) is 8.42 Å². The van der Waals surface area contributed by atoms with E-state index in [4.69, 9.17) is 21.1 Å². The molecule has 254 valence electrons. The molecule has 11 heteroatoms. The maximum Gasteiger partial charge on any atom is 0.264 e. The van der Waals surface area contributed by atoms with E-state index in [1.54, 1.807) is 48.5 Å². The predicted molar refractivity (Wildman–Crippen MR) is 189 cm³/mol. The van der Waals surface area contributed by atoms with Crippen molar-refractivity contribution < 1.29 is 27.5 Å². The summed E-state index contributed by atoms with van der Waals surface area (Å²) in [7, 11) is -1.47. The van der Waals surface area contributed by atoms with E-state index in [9.17, 15) is 18.0 Å². The summed E-state index contributed by atoms with van der Waals surface area (Å²) in [4.78, 5) is 30.2. The molecular weight excluding hydrogens is 650 g/mol. The molecule has 4 aromatic carbocycles. The number of rotatable bonds is 13. The molecule has 0 radical (unpaired) electrons. The molecule has 0 saturated carbocycles. The fourth-order valence-corrected chi connectivity index (χ4v) is 6.77. The Balaban J connectivity index is 1.89. The van der Waals surface area contributed by atoms with Crippen molar-refractivity contribution in [2.75, 3.05) is 25.1 Å². The minimum atomic E-state index is -4.35. The number of carbonyl (C=O) groups excluding carboxylic acids is 2. The van der Waals surface area contributed by atoms with Crippen LogP contribution in [0.1, 0.15) is 37.5 Å². The number of hydrogen-bond donors (Lipinski definition) is 1. The number of benzene rings is 4. The molecule has 0 aliphatic carbocycles. The molecule has 0 saturated heterocycles. The molecule has 0 heterocycles. The van der Waals surface area contributed by atoms with Crippen LogP contribution < -0.4 is 19.1 Å². The first-order valence-corrected chi connectivity index (χ1v) is 17.3. The van der Waals surface area contributed by atoms with Crippen LogP contribution in [-0.2, 0) is 32.6 Å². The number of methoxy groups -OCH3 is 2. The second-order valence-corrected chi connectivity index (χ2v) is 14.7. The number of halogens is 1. The largest absolute Gasteiger partial charge is 0.497 e. The average molecular weight is 692 g/mol. The van der Waals surface area contributed by atoms with Crippen molar-refractivity contribution in [1.82, 2.24) is 10.2 Å². The van der Waals surface area contributed by atoms with Gasteiger partial charge >= 0.3 is 0 Å². The third kappa shape index (κ3) is 9.08. The zero-order valence-corrected chi connectivity index (χ0v) is 29.6. The fraction of sp³-hybridized carbons (Fsp3) is 0.297. The Bertz CT molecular complexity index is 1830. The molecule has 48 heavy (non-hydrogen) atoms. The normalized spacial score (nSPS) is 12.1. The molecule has 1 N–H and O–H groups in total. The summed E-state index contributed by atoms with van der Waals surface area (Å²) in [5.74, 6) is -0.441. The van der Waals surface area contributed by atoms with Gasteiger partial charge in [-0.2, -0.15) is 0 Å². The van der Waals surface area contributed by atoms with Crippen molar-refractivity contribution >= 4 is 39.1 Å². The van der Waals surface area contributed by atoms with E-state index >= 15 is 0 Å². The van der Waals surface area contributed by atoms with E-state index in [1.807, 2.05) is 58.0 Å². The van der Waals surface area contributed by atoms with Gasteiger partial charge in [0.15, 0.2) is 0 Å². The van der Waals surface area contributed by atoms with Crippen molar-refractivity contribution in [3.63, 3.8) is 0 Å². The van der Waals surface area contributed by atoms with Crippen molar-refractivity contribution in [2.45, 2.75) is 57.1 Å². The molecule has 0 bridgehead atoms. The Morgan fingerprint density at radius 3 is 2.12 bits per heavy atom. The van der Waals surface area contributed by atoms with Crippen molar-refractivity contribution in [3.05, 3.63) is 119 Å². The van der Waals surface area contributed by atoms with Crippen LogP contribution in [0.15, 0.2) is 102 Å². The summed E-state index contributed by atoms with van der Waals surface area (Å²) in [5.41, 5.74) is 1.78. The minimum Gasteiger partial charge on any atom is -0.497 e. The quantitative estimate of drug-likeness (QED) is 0.174. The lowest BCUT2D eigenvalue weighted by Crippen LogP contribution is -2.56. The van der Waals surface area contributed by atoms with Crippen LogP contribution in [0.4, 0.5) is 5.69 Å². The molecule has 0 fully saturated rings. The number of anilines is 1. The Kier molecular flexibility index (Phi) is 11.8. The van der Waals surface area contributed by atoms with Gasteiger partial charge in [0.1, 0.15) is 24.1 Å². The summed E-state index contributed by atoms with van der Waals surface area (Å²) < 4.78 is 40.9. The van der Waals surface area contributed by atoms with E-state index in [0.29, 0.717) is 16.3 Å². The van der Waals surface area contributed by atoms with Gasteiger partial charge in [-0.3, -0.25) is 13.9 Å². The van der Waals surface area contributed by atoms with Gasteiger partial charge in [0, 0.05) is 29.6 Å². The number of sulfonamides is 1. The van der Waals surface area contributed by atoms with E-state index in [0.717, 1.165) is 15.4 Å². The summed E-state index contributed by atoms with van der Waals surface area (Å²) in [6.07, 6.45) is 0.173. The molecular formula is C37H42ClN3O6S. The van der Waals surface area contributed by atoms with Gasteiger partial charge < -0.3 is 19.7 Å². The predicted octanol–water partition coefficient (Wildman–Crippen LogP) is 6.42. The lowest BCUT2D eigenvalue weighted by Gasteiger charge is -2.35. The van der Waals surface area contributed by atoms with Gasteiger partial charge in [-0.1, -0.05) is 77.8 Å². The first-order chi connectivity index (χ1) is 22.7. The molecule has 0 aliphatic heterocycles. The first kappa shape index (κ1) is 36.3. The topological polar surface area (TPSA) is 105 Å². The van der Waals surface area contributed by atoms with Crippen molar-refractivity contribution in [2.24, 2.45) is 0 Å². The molecule has 1 atom stereocenters. The highest BCUT2D eigenvalue weighted by atomic mass is 35.5. The Morgan fingerprint density at radius 1 is 0.875 bits per heavy atom. The molecule has 0 unspecified atom stereocenters.